The first kappa shape index (κ1) is 27.1. The Morgan fingerprint density at radius 3 is 2.40 bits per heavy atom. The number of benzene rings is 2. The average Bonchev–Trinajstić information content (AvgIpc) is 2.85. The van der Waals surface area contributed by atoms with Gasteiger partial charge in [0.1, 0.15) is 5.82 Å². The van der Waals surface area contributed by atoms with E-state index in [9.17, 15) is 0 Å². The van der Waals surface area contributed by atoms with Gasteiger partial charge in [0, 0.05) is 22.5 Å². The number of halogens is 2. The normalized spacial score (nSPS) is 12.5. The summed E-state index contributed by atoms with van der Waals surface area (Å²) in [6, 6.07) is 9.50. The van der Waals surface area contributed by atoms with Crippen LogP contribution >= 0.6 is 23.2 Å². The van der Waals surface area contributed by atoms with Gasteiger partial charge < -0.3 is 19.7 Å². The summed E-state index contributed by atoms with van der Waals surface area (Å²) in [5.74, 6) is 2.53. The lowest BCUT2D eigenvalue weighted by atomic mass is 10.1. The second kappa shape index (κ2) is 13.0. The standard InChI is InChI=1S/C27H34Cl2N4O2/c1-6-33(7-2)14-8-9-18(3)30-27-21-12-11-20(28)16-23(21)31-26(32-27)13-10-19-15-24(34-4)25(35-5)17-22(19)29/h10-13,15-18H,6-9,14H2,1-5H3,(H,30,31,32)/b13-10+/t18-/m1/s1. The number of methoxy groups -OCH3 is 2. The molecule has 0 saturated carbocycles. The van der Waals surface area contributed by atoms with Crippen molar-refractivity contribution in [2.24, 2.45) is 0 Å². The fraction of sp³-hybridized carbons (Fsp3) is 0.407. The predicted molar refractivity (Wildman–Crippen MR) is 148 cm³/mol. The number of aromatic nitrogens is 2. The van der Waals surface area contributed by atoms with E-state index in [-0.39, 0.29) is 6.04 Å². The van der Waals surface area contributed by atoms with Crippen molar-refractivity contribution in [3.05, 3.63) is 51.8 Å². The second-order valence-electron chi connectivity index (χ2n) is 8.37. The Hall–Kier alpha value is -2.54. The number of nitrogens with zero attached hydrogens (tertiary/aromatic N) is 3. The molecule has 2 aromatic carbocycles. The zero-order chi connectivity index (χ0) is 25.4. The highest BCUT2D eigenvalue weighted by atomic mass is 35.5. The van der Waals surface area contributed by atoms with Gasteiger partial charge >= 0.3 is 0 Å². The molecule has 1 N–H and O–H groups in total. The summed E-state index contributed by atoms with van der Waals surface area (Å²) in [6.45, 7) is 9.84. The summed E-state index contributed by atoms with van der Waals surface area (Å²) in [4.78, 5) is 12.0. The summed E-state index contributed by atoms with van der Waals surface area (Å²) in [5, 5.41) is 5.70. The highest BCUT2D eigenvalue weighted by molar-refractivity contribution is 6.32. The van der Waals surface area contributed by atoms with Crippen LogP contribution < -0.4 is 14.8 Å². The highest BCUT2D eigenvalue weighted by Crippen LogP contribution is 2.34. The Balaban J connectivity index is 1.86. The van der Waals surface area contributed by atoms with Gasteiger partial charge in [-0.1, -0.05) is 37.0 Å². The minimum atomic E-state index is 0.261. The van der Waals surface area contributed by atoms with Crippen LogP contribution in [0.1, 0.15) is 45.0 Å². The molecule has 0 radical (unpaired) electrons. The van der Waals surface area contributed by atoms with E-state index >= 15 is 0 Å². The maximum atomic E-state index is 6.45. The molecule has 0 unspecified atom stereocenters. The van der Waals surface area contributed by atoms with E-state index in [0.717, 1.165) is 54.8 Å². The molecule has 35 heavy (non-hydrogen) atoms. The van der Waals surface area contributed by atoms with Crippen LogP contribution in [-0.4, -0.2) is 54.8 Å². The first-order valence-corrected chi connectivity index (χ1v) is 12.7. The molecule has 1 heterocycles. The van der Waals surface area contributed by atoms with E-state index in [1.807, 2.05) is 36.4 Å². The fourth-order valence-corrected chi connectivity index (χ4v) is 4.32. The molecular weight excluding hydrogens is 483 g/mol. The Kier molecular flexibility index (Phi) is 10.0. The van der Waals surface area contributed by atoms with Crippen LogP contribution in [0.25, 0.3) is 23.1 Å². The van der Waals surface area contributed by atoms with Crippen molar-refractivity contribution < 1.29 is 9.47 Å². The van der Waals surface area contributed by atoms with Gasteiger partial charge in [-0.15, -0.1) is 0 Å². The van der Waals surface area contributed by atoms with Gasteiger partial charge in [0.15, 0.2) is 17.3 Å². The van der Waals surface area contributed by atoms with E-state index in [1.54, 1.807) is 20.3 Å². The Morgan fingerprint density at radius 1 is 1.00 bits per heavy atom. The minimum Gasteiger partial charge on any atom is -0.493 e. The first-order chi connectivity index (χ1) is 16.9. The molecule has 6 nitrogen and oxygen atoms in total. The van der Waals surface area contributed by atoms with Gasteiger partial charge in [-0.2, -0.15) is 0 Å². The lowest BCUT2D eigenvalue weighted by Gasteiger charge is -2.20. The number of anilines is 1. The van der Waals surface area contributed by atoms with E-state index in [2.05, 4.69) is 31.0 Å². The summed E-state index contributed by atoms with van der Waals surface area (Å²) >= 11 is 12.7. The van der Waals surface area contributed by atoms with E-state index in [1.165, 1.54) is 0 Å². The number of rotatable bonds is 12. The van der Waals surface area contributed by atoms with Crippen LogP contribution in [0.5, 0.6) is 11.5 Å². The van der Waals surface area contributed by atoms with Crippen molar-refractivity contribution >= 4 is 52.1 Å². The molecule has 0 aliphatic heterocycles. The smallest absolute Gasteiger partial charge is 0.162 e. The number of fused-ring (bicyclic) bond motifs is 1. The van der Waals surface area contributed by atoms with Crippen LogP contribution in [0.3, 0.4) is 0 Å². The van der Waals surface area contributed by atoms with Crippen LogP contribution in [0.2, 0.25) is 10.0 Å². The Labute approximate surface area is 218 Å². The molecule has 0 aliphatic rings. The van der Waals surface area contributed by atoms with Gasteiger partial charge in [0.2, 0.25) is 0 Å². The molecule has 0 saturated heterocycles. The molecule has 0 aliphatic carbocycles. The van der Waals surface area contributed by atoms with Crippen molar-refractivity contribution in [1.29, 1.82) is 0 Å². The monoisotopic (exact) mass is 516 g/mol. The van der Waals surface area contributed by atoms with Crippen molar-refractivity contribution in [2.75, 3.05) is 39.2 Å². The maximum absolute atomic E-state index is 6.45. The third kappa shape index (κ3) is 7.23. The lowest BCUT2D eigenvalue weighted by Crippen LogP contribution is -2.25. The number of nitrogens with one attached hydrogen (secondary N) is 1. The number of hydrogen-bond acceptors (Lipinski definition) is 6. The third-order valence-electron chi connectivity index (χ3n) is 5.98. The molecule has 8 heteroatoms. The summed E-state index contributed by atoms with van der Waals surface area (Å²) in [7, 11) is 3.17. The van der Waals surface area contributed by atoms with Crippen LogP contribution in [0, 0.1) is 0 Å². The van der Waals surface area contributed by atoms with Crippen molar-refractivity contribution in [1.82, 2.24) is 14.9 Å². The second-order valence-corrected chi connectivity index (χ2v) is 9.21. The summed E-state index contributed by atoms with van der Waals surface area (Å²) < 4.78 is 10.7. The van der Waals surface area contributed by atoms with Gasteiger partial charge in [-0.25, -0.2) is 9.97 Å². The van der Waals surface area contributed by atoms with Crippen LogP contribution in [-0.2, 0) is 0 Å². The van der Waals surface area contributed by atoms with E-state index in [4.69, 9.17) is 42.6 Å². The fourth-order valence-electron chi connectivity index (χ4n) is 3.93. The molecule has 0 fully saturated rings. The number of ether oxygens (including phenoxy) is 2. The van der Waals surface area contributed by atoms with Crippen LogP contribution in [0.4, 0.5) is 5.82 Å². The molecule has 1 atom stereocenters. The molecule has 0 bridgehead atoms. The molecule has 188 valence electrons. The van der Waals surface area contributed by atoms with E-state index < -0.39 is 0 Å². The molecule has 0 spiro atoms. The van der Waals surface area contributed by atoms with Gasteiger partial charge in [-0.3, -0.25) is 0 Å². The minimum absolute atomic E-state index is 0.261. The molecule has 3 aromatic rings. The van der Waals surface area contributed by atoms with E-state index in [0.29, 0.717) is 27.4 Å². The van der Waals surface area contributed by atoms with Crippen LogP contribution in [0.15, 0.2) is 30.3 Å². The summed E-state index contributed by atoms with van der Waals surface area (Å²) in [6.07, 6.45) is 5.87. The average molecular weight is 518 g/mol. The predicted octanol–water partition coefficient (Wildman–Crippen LogP) is 7.05. The topological polar surface area (TPSA) is 59.5 Å². The quantitative estimate of drug-likeness (QED) is 0.278. The zero-order valence-electron chi connectivity index (χ0n) is 21.1. The van der Waals surface area contributed by atoms with Gasteiger partial charge in [-0.05, 0) is 81.4 Å². The Morgan fingerprint density at radius 2 is 1.71 bits per heavy atom. The van der Waals surface area contributed by atoms with Crippen molar-refractivity contribution in [3.8, 4) is 11.5 Å². The maximum Gasteiger partial charge on any atom is 0.162 e. The van der Waals surface area contributed by atoms with Crippen molar-refractivity contribution in [2.45, 2.75) is 39.7 Å². The first-order valence-electron chi connectivity index (χ1n) is 11.9. The summed E-state index contributed by atoms with van der Waals surface area (Å²) in [5.41, 5.74) is 1.56. The lowest BCUT2D eigenvalue weighted by molar-refractivity contribution is 0.295. The highest BCUT2D eigenvalue weighted by Gasteiger charge is 2.12. The largest absolute Gasteiger partial charge is 0.493 e. The number of hydrogen-bond donors (Lipinski definition) is 1. The Bertz CT molecular complexity index is 1170. The molecule has 3 rings (SSSR count). The molecular formula is C27H34Cl2N4O2. The zero-order valence-corrected chi connectivity index (χ0v) is 22.6. The third-order valence-corrected chi connectivity index (χ3v) is 6.54. The SMILES string of the molecule is CCN(CC)CCC[C@@H](C)Nc1nc(/C=C/c2cc(OC)c(OC)cc2Cl)nc2cc(Cl)ccc12. The van der Waals surface area contributed by atoms with Crippen molar-refractivity contribution in [3.63, 3.8) is 0 Å². The van der Waals surface area contributed by atoms with Gasteiger partial charge in [0.05, 0.1) is 24.8 Å². The van der Waals surface area contributed by atoms with Gasteiger partial charge in [0.25, 0.3) is 0 Å². The molecule has 1 aromatic heterocycles. The molecule has 0 amide bonds.